The summed E-state index contributed by atoms with van der Waals surface area (Å²) in [6.07, 6.45) is 7.60. The molecule has 8 heteroatoms. The lowest BCUT2D eigenvalue weighted by Crippen LogP contribution is -2.27. The Kier molecular flexibility index (Phi) is 5.39. The summed E-state index contributed by atoms with van der Waals surface area (Å²) in [6.45, 7) is 1.77. The van der Waals surface area contributed by atoms with Crippen LogP contribution in [0.4, 0.5) is 10.3 Å². The van der Waals surface area contributed by atoms with Crippen molar-refractivity contribution < 1.29 is 9.13 Å². The topological polar surface area (TPSA) is 69.0 Å². The molecule has 0 radical (unpaired) electrons. The molecule has 3 heterocycles. The van der Waals surface area contributed by atoms with E-state index in [1.807, 2.05) is 11.8 Å². The molecule has 28 heavy (non-hydrogen) atoms. The zero-order chi connectivity index (χ0) is 19.7. The van der Waals surface area contributed by atoms with Crippen molar-refractivity contribution in [2.24, 2.45) is 13.0 Å². The molecule has 0 saturated carbocycles. The van der Waals surface area contributed by atoms with Crippen molar-refractivity contribution in [1.82, 2.24) is 14.5 Å². The summed E-state index contributed by atoms with van der Waals surface area (Å²) in [5, 5.41) is 4.03. The number of fused-ring (bicyclic) bond motifs is 1. The van der Waals surface area contributed by atoms with Crippen molar-refractivity contribution in [2.45, 2.75) is 32.0 Å². The predicted molar refractivity (Wildman–Crippen MR) is 111 cm³/mol. The number of allylic oxidation sites excluding steroid dienone is 4. The number of thioether (sulfide) groups is 1. The van der Waals surface area contributed by atoms with E-state index in [-0.39, 0.29) is 23.0 Å². The van der Waals surface area contributed by atoms with Gasteiger partial charge in [-0.3, -0.25) is 9.36 Å². The lowest BCUT2D eigenvalue weighted by molar-refractivity contribution is 0.230. The molecule has 2 unspecified atom stereocenters. The molecule has 6 nitrogen and oxygen atoms in total. The molecule has 2 aromatic heterocycles. The van der Waals surface area contributed by atoms with Crippen molar-refractivity contribution in [3.63, 3.8) is 0 Å². The number of aryl methyl sites for hydroxylation is 1. The Morgan fingerprint density at radius 1 is 1.36 bits per heavy atom. The van der Waals surface area contributed by atoms with Crippen molar-refractivity contribution >= 4 is 28.7 Å². The predicted octanol–water partition coefficient (Wildman–Crippen LogP) is 3.44. The minimum Gasteiger partial charge on any atom is -0.453 e. The van der Waals surface area contributed by atoms with Gasteiger partial charge < -0.3 is 10.1 Å². The highest BCUT2D eigenvalue weighted by atomic mass is 32.2. The third-order valence-electron chi connectivity index (χ3n) is 5.11. The molecule has 0 spiro atoms. The number of nitrogens with zero attached hydrogens (tertiary/aromatic N) is 3. The average Bonchev–Trinajstić information content (AvgIpc) is 2.70. The van der Waals surface area contributed by atoms with Gasteiger partial charge in [0.25, 0.3) is 5.56 Å². The summed E-state index contributed by atoms with van der Waals surface area (Å²) in [5.74, 6) is 2.69. The largest absolute Gasteiger partial charge is 0.453 e. The van der Waals surface area contributed by atoms with Crippen molar-refractivity contribution in [2.75, 3.05) is 16.8 Å². The van der Waals surface area contributed by atoms with Gasteiger partial charge in [0, 0.05) is 30.6 Å². The van der Waals surface area contributed by atoms with E-state index in [4.69, 9.17) is 4.74 Å². The van der Waals surface area contributed by atoms with Crippen LogP contribution < -0.4 is 15.6 Å². The summed E-state index contributed by atoms with van der Waals surface area (Å²) in [5.41, 5.74) is 0.157. The van der Waals surface area contributed by atoms with E-state index < -0.39 is 6.17 Å². The van der Waals surface area contributed by atoms with Crippen LogP contribution in [0.2, 0.25) is 0 Å². The first-order chi connectivity index (χ1) is 13.5. The number of hydrogen-bond donors (Lipinski definition) is 1. The minimum atomic E-state index is -1.28. The average molecular weight is 402 g/mol. The van der Waals surface area contributed by atoms with Gasteiger partial charge in [0.05, 0.1) is 0 Å². The first-order valence-corrected chi connectivity index (χ1v) is 10.6. The van der Waals surface area contributed by atoms with Crippen LogP contribution in [0, 0.1) is 5.92 Å². The first kappa shape index (κ1) is 19.0. The van der Waals surface area contributed by atoms with Gasteiger partial charge in [-0.1, -0.05) is 19.1 Å². The fourth-order valence-corrected chi connectivity index (χ4v) is 4.48. The van der Waals surface area contributed by atoms with Crippen LogP contribution in [0.3, 0.4) is 0 Å². The van der Waals surface area contributed by atoms with E-state index >= 15 is 0 Å². The van der Waals surface area contributed by atoms with Gasteiger partial charge in [0.15, 0.2) is 11.9 Å². The Balaban J connectivity index is 1.63. The quantitative estimate of drug-likeness (QED) is 0.845. The number of rotatable bonds is 4. The van der Waals surface area contributed by atoms with Crippen LogP contribution in [0.15, 0.2) is 41.0 Å². The highest BCUT2D eigenvalue weighted by molar-refractivity contribution is 7.99. The maximum atomic E-state index is 14.4. The standard InChI is InChI=1S/C20H23FN4O2S/c1-12-4-3-5-15(17(12)21)27-16-10-13-11-22-20(23-14-6-8-28-9-7-14)24-18(13)25(2)19(16)26/h3-5,10-12,14,17H,6-9H2,1-2H3,(H,22,23,24). The number of alkyl halides is 1. The Morgan fingerprint density at radius 3 is 2.93 bits per heavy atom. The van der Waals surface area contributed by atoms with Gasteiger partial charge in [0.2, 0.25) is 5.95 Å². The number of aromatic nitrogens is 3. The normalized spacial score (nSPS) is 22.9. The van der Waals surface area contributed by atoms with Crippen LogP contribution in [0.25, 0.3) is 11.0 Å². The number of anilines is 1. The van der Waals surface area contributed by atoms with E-state index in [9.17, 15) is 9.18 Å². The van der Waals surface area contributed by atoms with Gasteiger partial charge in [-0.15, -0.1) is 0 Å². The van der Waals surface area contributed by atoms with Gasteiger partial charge in [-0.2, -0.15) is 16.7 Å². The molecule has 1 saturated heterocycles. The Hall–Kier alpha value is -2.35. The molecule has 1 fully saturated rings. The second-order valence-electron chi connectivity index (χ2n) is 7.19. The van der Waals surface area contributed by atoms with Crippen molar-refractivity contribution in [1.29, 1.82) is 0 Å². The highest BCUT2D eigenvalue weighted by Crippen LogP contribution is 2.26. The Bertz CT molecular complexity index is 998. The summed E-state index contributed by atoms with van der Waals surface area (Å²) >= 11 is 1.96. The molecule has 0 amide bonds. The molecule has 4 rings (SSSR count). The maximum Gasteiger partial charge on any atom is 0.294 e. The van der Waals surface area contributed by atoms with Crippen LogP contribution in [0.5, 0.6) is 5.75 Å². The zero-order valence-electron chi connectivity index (χ0n) is 15.9. The summed E-state index contributed by atoms with van der Waals surface area (Å²) in [4.78, 5) is 21.6. The molecule has 2 aromatic rings. The Morgan fingerprint density at radius 2 is 2.14 bits per heavy atom. The second-order valence-corrected chi connectivity index (χ2v) is 8.42. The first-order valence-electron chi connectivity index (χ1n) is 9.44. The maximum absolute atomic E-state index is 14.4. The summed E-state index contributed by atoms with van der Waals surface area (Å²) in [6, 6.07) is 1.93. The van der Waals surface area contributed by atoms with E-state index in [1.165, 1.54) is 4.57 Å². The molecule has 1 N–H and O–H groups in total. The van der Waals surface area contributed by atoms with Crippen LogP contribution >= 0.6 is 11.8 Å². The molecule has 1 aliphatic heterocycles. The monoisotopic (exact) mass is 402 g/mol. The molecule has 1 aliphatic carbocycles. The van der Waals surface area contributed by atoms with Gasteiger partial charge in [-0.25, -0.2) is 9.37 Å². The van der Waals surface area contributed by atoms with Gasteiger partial charge >= 0.3 is 0 Å². The van der Waals surface area contributed by atoms with E-state index in [1.54, 1.807) is 44.5 Å². The smallest absolute Gasteiger partial charge is 0.294 e. The second kappa shape index (κ2) is 7.95. The van der Waals surface area contributed by atoms with Crippen LogP contribution in [0.1, 0.15) is 19.8 Å². The Labute approximate surface area is 166 Å². The van der Waals surface area contributed by atoms with Crippen molar-refractivity contribution in [3.05, 3.63) is 46.6 Å². The molecule has 0 bridgehead atoms. The van der Waals surface area contributed by atoms with Crippen molar-refractivity contribution in [3.8, 4) is 5.75 Å². The summed E-state index contributed by atoms with van der Waals surface area (Å²) < 4.78 is 21.4. The zero-order valence-corrected chi connectivity index (χ0v) is 16.7. The fourth-order valence-electron chi connectivity index (χ4n) is 3.38. The van der Waals surface area contributed by atoms with Gasteiger partial charge in [0.1, 0.15) is 11.4 Å². The van der Waals surface area contributed by atoms with E-state index in [2.05, 4.69) is 15.3 Å². The van der Waals surface area contributed by atoms with E-state index in [0.717, 1.165) is 24.3 Å². The molecule has 2 atom stereocenters. The minimum absolute atomic E-state index is 0.0695. The fraction of sp³-hybridized carbons (Fsp3) is 0.450. The number of nitrogens with one attached hydrogen (secondary N) is 1. The third-order valence-corrected chi connectivity index (χ3v) is 6.16. The van der Waals surface area contributed by atoms with Gasteiger partial charge in [-0.05, 0) is 36.5 Å². The molecule has 148 valence electrons. The third kappa shape index (κ3) is 3.78. The number of hydrogen-bond acceptors (Lipinski definition) is 6. The molecule has 0 aromatic carbocycles. The molecule has 2 aliphatic rings. The van der Waals surface area contributed by atoms with E-state index in [0.29, 0.717) is 23.0 Å². The lowest BCUT2D eigenvalue weighted by atomic mass is 9.99. The number of ether oxygens (including phenoxy) is 1. The molecular formula is C20H23FN4O2S. The number of halogens is 1. The summed E-state index contributed by atoms with van der Waals surface area (Å²) in [7, 11) is 1.64. The SMILES string of the molecule is CC1C=CC=C(Oc2cc3cnc(NC4CCSCC4)nc3n(C)c2=O)C1F. The number of pyridine rings is 1. The van der Waals surface area contributed by atoms with Crippen LogP contribution in [-0.4, -0.2) is 38.3 Å². The highest BCUT2D eigenvalue weighted by Gasteiger charge is 2.24. The lowest BCUT2D eigenvalue weighted by Gasteiger charge is -2.22. The molecular weight excluding hydrogens is 379 g/mol. The van der Waals surface area contributed by atoms with Crippen LogP contribution in [-0.2, 0) is 7.05 Å².